The molecule has 1 aromatic carbocycles. The maximum Gasteiger partial charge on any atom is 0.126 e. The van der Waals surface area contributed by atoms with Crippen molar-refractivity contribution < 1.29 is 9.50 Å². The third-order valence-corrected chi connectivity index (χ3v) is 2.58. The summed E-state index contributed by atoms with van der Waals surface area (Å²) in [6, 6.07) is 9.74. The van der Waals surface area contributed by atoms with Crippen molar-refractivity contribution in [3.05, 3.63) is 66.4 Å². The fraction of sp³-hybridized carbons (Fsp3) is 0.0667. The van der Waals surface area contributed by atoms with Crippen LogP contribution in [0.4, 0.5) is 4.39 Å². The lowest BCUT2D eigenvalue weighted by atomic mass is 10.1. The normalized spacial score (nSPS) is 9.79. The van der Waals surface area contributed by atoms with Gasteiger partial charge >= 0.3 is 0 Å². The molecule has 0 bridgehead atoms. The minimum Gasteiger partial charge on any atom is -0.508 e. The summed E-state index contributed by atoms with van der Waals surface area (Å²) in [5.74, 6) is 0.0496. The second-order valence-corrected chi connectivity index (χ2v) is 3.99. The Balaban J connectivity index is 0.000000163. The largest absolute Gasteiger partial charge is 0.508 e. The number of nitrogens with zero attached hydrogens (tertiary/aromatic N) is 2. The van der Waals surface area contributed by atoms with Crippen LogP contribution in [0, 0.1) is 12.7 Å². The number of aromatic nitrogens is 2. The lowest BCUT2D eigenvalue weighted by Gasteiger charge is -2.00. The molecular weight excluding hydrogens is 243 g/mol. The summed E-state index contributed by atoms with van der Waals surface area (Å²) in [5.41, 5.74) is 2.06. The molecule has 1 N–H and O–H groups in total. The number of hydrogen-bond donors (Lipinski definition) is 1. The Kier molecular flexibility index (Phi) is 4.03. The first-order chi connectivity index (χ1) is 9.16. The minimum absolute atomic E-state index is 0.241. The van der Waals surface area contributed by atoms with E-state index in [0.717, 1.165) is 16.5 Å². The van der Waals surface area contributed by atoms with E-state index < -0.39 is 0 Å². The Morgan fingerprint density at radius 2 is 1.74 bits per heavy atom. The lowest BCUT2D eigenvalue weighted by molar-refractivity contribution is 0.476. The molecule has 0 amide bonds. The minimum atomic E-state index is -0.241. The van der Waals surface area contributed by atoms with Gasteiger partial charge in [0, 0.05) is 24.0 Å². The number of halogens is 1. The highest BCUT2D eigenvalue weighted by Crippen LogP contribution is 2.20. The summed E-state index contributed by atoms with van der Waals surface area (Å²) in [5, 5.41) is 10.2. The number of benzene rings is 1. The summed E-state index contributed by atoms with van der Waals surface area (Å²) in [6.07, 6.45) is 4.60. The van der Waals surface area contributed by atoms with Crippen LogP contribution in [0.5, 0.6) is 5.75 Å². The van der Waals surface area contributed by atoms with Gasteiger partial charge in [0.15, 0.2) is 0 Å². The molecule has 0 spiro atoms. The second-order valence-electron chi connectivity index (χ2n) is 3.99. The molecule has 0 aliphatic carbocycles. The van der Waals surface area contributed by atoms with Crippen LogP contribution < -0.4 is 0 Å². The molecule has 0 aliphatic heterocycles. The standard InChI is InChI=1S/C10H9NO.C5H4FN/c1-7-4-5-11-10-3-2-8(12)6-9(7)10;6-5-1-3-7-4-2-5/h2-6,12H,1H3;1-4H. The van der Waals surface area contributed by atoms with Crippen LogP contribution in [-0.4, -0.2) is 15.1 Å². The lowest BCUT2D eigenvalue weighted by Crippen LogP contribution is -1.80. The quantitative estimate of drug-likeness (QED) is 0.670. The SMILES string of the molecule is Cc1ccnc2ccc(O)cc12.Fc1ccncc1. The summed E-state index contributed by atoms with van der Waals surface area (Å²) in [6.45, 7) is 2.00. The summed E-state index contributed by atoms with van der Waals surface area (Å²) in [7, 11) is 0. The molecule has 0 saturated carbocycles. The van der Waals surface area contributed by atoms with Crippen LogP contribution >= 0.6 is 0 Å². The molecule has 0 saturated heterocycles. The van der Waals surface area contributed by atoms with Gasteiger partial charge in [0.1, 0.15) is 11.6 Å². The van der Waals surface area contributed by atoms with Crippen molar-refractivity contribution in [1.29, 1.82) is 0 Å². The molecule has 3 rings (SSSR count). The average Bonchev–Trinajstić information content (AvgIpc) is 2.41. The van der Waals surface area contributed by atoms with Gasteiger partial charge in [0.25, 0.3) is 0 Å². The van der Waals surface area contributed by atoms with Crippen LogP contribution in [0.1, 0.15) is 5.56 Å². The van der Waals surface area contributed by atoms with E-state index in [1.165, 1.54) is 24.5 Å². The van der Waals surface area contributed by atoms with Crippen molar-refractivity contribution in [3.63, 3.8) is 0 Å². The van der Waals surface area contributed by atoms with Crippen LogP contribution in [0.2, 0.25) is 0 Å². The van der Waals surface area contributed by atoms with Gasteiger partial charge < -0.3 is 5.11 Å². The van der Waals surface area contributed by atoms with E-state index in [2.05, 4.69) is 9.97 Å². The van der Waals surface area contributed by atoms with Crippen molar-refractivity contribution >= 4 is 10.9 Å². The monoisotopic (exact) mass is 256 g/mol. The number of fused-ring (bicyclic) bond motifs is 1. The zero-order valence-corrected chi connectivity index (χ0v) is 10.4. The molecule has 2 heterocycles. The first kappa shape index (κ1) is 13.0. The molecule has 3 nitrogen and oxygen atoms in total. The highest BCUT2D eigenvalue weighted by Gasteiger charge is 1.97. The molecule has 19 heavy (non-hydrogen) atoms. The predicted molar refractivity (Wildman–Crippen MR) is 72.3 cm³/mol. The predicted octanol–water partition coefficient (Wildman–Crippen LogP) is 3.47. The molecule has 0 unspecified atom stereocenters. The number of hydrogen-bond acceptors (Lipinski definition) is 3. The number of aromatic hydroxyl groups is 1. The Labute approximate surface area is 110 Å². The van der Waals surface area contributed by atoms with Gasteiger partial charge in [0.2, 0.25) is 0 Å². The fourth-order valence-electron chi connectivity index (χ4n) is 1.61. The van der Waals surface area contributed by atoms with Crippen molar-refractivity contribution in [3.8, 4) is 5.75 Å². The summed E-state index contributed by atoms with van der Waals surface area (Å²) < 4.78 is 11.9. The van der Waals surface area contributed by atoms with Crippen molar-refractivity contribution in [2.24, 2.45) is 0 Å². The molecule has 4 heteroatoms. The van der Waals surface area contributed by atoms with Gasteiger partial charge in [-0.1, -0.05) is 0 Å². The maximum atomic E-state index is 11.9. The Hall–Kier alpha value is -2.49. The molecule has 3 aromatic rings. The highest BCUT2D eigenvalue weighted by molar-refractivity contribution is 5.82. The zero-order chi connectivity index (χ0) is 13.7. The van der Waals surface area contributed by atoms with E-state index in [4.69, 9.17) is 0 Å². The molecule has 2 aromatic heterocycles. The number of pyridine rings is 2. The van der Waals surface area contributed by atoms with E-state index in [9.17, 15) is 9.50 Å². The zero-order valence-electron chi connectivity index (χ0n) is 10.4. The van der Waals surface area contributed by atoms with Crippen LogP contribution in [0.3, 0.4) is 0 Å². The molecule has 96 valence electrons. The maximum absolute atomic E-state index is 11.9. The summed E-state index contributed by atoms with van der Waals surface area (Å²) >= 11 is 0. The van der Waals surface area contributed by atoms with E-state index in [1.54, 1.807) is 18.3 Å². The molecular formula is C15H13FN2O. The third kappa shape index (κ3) is 3.48. The topological polar surface area (TPSA) is 46.0 Å². The van der Waals surface area contributed by atoms with Crippen LogP contribution in [0.25, 0.3) is 10.9 Å². The van der Waals surface area contributed by atoms with E-state index in [0.29, 0.717) is 5.75 Å². The second kappa shape index (κ2) is 5.91. The number of aryl methyl sites for hydroxylation is 1. The number of rotatable bonds is 0. The van der Waals surface area contributed by atoms with Crippen molar-refractivity contribution in [2.45, 2.75) is 6.92 Å². The first-order valence-electron chi connectivity index (χ1n) is 5.76. The van der Waals surface area contributed by atoms with Crippen LogP contribution in [0.15, 0.2) is 55.0 Å². The number of phenolic OH excluding ortho intramolecular Hbond substituents is 1. The highest BCUT2D eigenvalue weighted by atomic mass is 19.1. The average molecular weight is 256 g/mol. The fourth-order valence-corrected chi connectivity index (χ4v) is 1.61. The van der Waals surface area contributed by atoms with E-state index in [1.807, 2.05) is 19.1 Å². The van der Waals surface area contributed by atoms with Crippen molar-refractivity contribution in [1.82, 2.24) is 9.97 Å². The molecule has 0 aliphatic rings. The first-order valence-corrected chi connectivity index (χ1v) is 5.76. The van der Waals surface area contributed by atoms with Crippen molar-refractivity contribution in [2.75, 3.05) is 0 Å². The third-order valence-electron chi connectivity index (χ3n) is 2.58. The van der Waals surface area contributed by atoms with Gasteiger partial charge in [0.05, 0.1) is 5.52 Å². The Morgan fingerprint density at radius 1 is 1.00 bits per heavy atom. The Bertz CT molecular complexity index is 671. The summed E-state index contributed by atoms with van der Waals surface area (Å²) in [4.78, 5) is 7.78. The van der Waals surface area contributed by atoms with Gasteiger partial charge in [-0.15, -0.1) is 0 Å². The molecule has 0 atom stereocenters. The van der Waals surface area contributed by atoms with Crippen LogP contribution in [-0.2, 0) is 0 Å². The molecule has 0 fully saturated rings. The van der Waals surface area contributed by atoms with E-state index in [-0.39, 0.29) is 5.82 Å². The van der Waals surface area contributed by atoms with Gasteiger partial charge in [-0.2, -0.15) is 0 Å². The van der Waals surface area contributed by atoms with Gasteiger partial charge in [-0.3, -0.25) is 9.97 Å². The number of phenols is 1. The molecule has 0 radical (unpaired) electrons. The van der Waals surface area contributed by atoms with E-state index >= 15 is 0 Å². The van der Waals surface area contributed by atoms with Gasteiger partial charge in [-0.05, 0) is 48.9 Å². The smallest absolute Gasteiger partial charge is 0.126 e. The van der Waals surface area contributed by atoms with Gasteiger partial charge in [-0.25, -0.2) is 4.39 Å². The Morgan fingerprint density at radius 3 is 2.37 bits per heavy atom.